The Morgan fingerprint density at radius 3 is 2.86 bits per heavy atom. The van der Waals surface area contributed by atoms with E-state index in [2.05, 4.69) is 20.2 Å². The summed E-state index contributed by atoms with van der Waals surface area (Å²) in [6, 6.07) is 7.84. The van der Waals surface area contributed by atoms with Crippen molar-refractivity contribution in [2.75, 3.05) is 0 Å². The van der Waals surface area contributed by atoms with Gasteiger partial charge in [0.1, 0.15) is 0 Å². The molecule has 4 heteroatoms. The Labute approximate surface area is 80.0 Å². The van der Waals surface area contributed by atoms with Crippen LogP contribution in [0.2, 0.25) is 0 Å². The molecule has 68 valence electrons. The van der Waals surface area contributed by atoms with Crippen LogP contribution in [-0.2, 0) is 0 Å². The fraction of sp³-hybridized carbons (Fsp3) is 0. The molecule has 0 radical (unpaired) electrons. The number of fused-ring (bicyclic) bond motifs is 1. The van der Waals surface area contributed by atoms with Crippen molar-refractivity contribution < 1.29 is 0 Å². The highest BCUT2D eigenvalue weighted by Crippen LogP contribution is 2.19. The molecule has 0 aromatic carbocycles. The van der Waals surface area contributed by atoms with Gasteiger partial charge in [0.2, 0.25) is 0 Å². The van der Waals surface area contributed by atoms with E-state index >= 15 is 0 Å². The van der Waals surface area contributed by atoms with E-state index in [1.807, 2.05) is 24.3 Å². The number of rotatable bonds is 1. The largest absolute Gasteiger partial charge is 0.352 e. The zero-order valence-corrected chi connectivity index (χ0v) is 7.36. The lowest BCUT2D eigenvalue weighted by atomic mass is 10.3. The summed E-state index contributed by atoms with van der Waals surface area (Å²) in [5, 5.41) is 6.81. The SMILES string of the molecule is c1cnc2cc(-c3ccn[nH]3)[nH]c2c1. The summed E-state index contributed by atoms with van der Waals surface area (Å²) < 4.78 is 0. The topological polar surface area (TPSA) is 57.4 Å². The van der Waals surface area contributed by atoms with Gasteiger partial charge in [-0.3, -0.25) is 10.1 Å². The molecule has 0 atom stereocenters. The van der Waals surface area contributed by atoms with Gasteiger partial charge in [-0.1, -0.05) is 0 Å². The summed E-state index contributed by atoms with van der Waals surface area (Å²) in [6.45, 7) is 0. The van der Waals surface area contributed by atoms with Crippen molar-refractivity contribution in [1.29, 1.82) is 0 Å². The van der Waals surface area contributed by atoms with Crippen LogP contribution in [0.3, 0.4) is 0 Å². The smallest absolute Gasteiger partial charge is 0.0885 e. The minimum Gasteiger partial charge on any atom is -0.352 e. The molecule has 0 aliphatic heterocycles. The Bertz CT molecular complexity index is 517. The van der Waals surface area contributed by atoms with Gasteiger partial charge in [0.25, 0.3) is 0 Å². The molecule has 14 heavy (non-hydrogen) atoms. The van der Waals surface area contributed by atoms with Crippen LogP contribution < -0.4 is 0 Å². The van der Waals surface area contributed by atoms with E-state index in [4.69, 9.17) is 0 Å². The fourth-order valence-electron chi connectivity index (χ4n) is 1.51. The molecule has 3 aromatic heterocycles. The maximum Gasteiger partial charge on any atom is 0.0885 e. The summed E-state index contributed by atoms with van der Waals surface area (Å²) >= 11 is 0. The molecule has 4 nitrogen and oxygen atoms in total. The van der Waals surface area contributed by atoms with E-state index in [0.29, 0.717) is 0 Å². The summed E-state index contributed by atoms with van der Waals surface area (Å²) in [4.78, 5) is 7.51. The van der Waals surface area contributed by atoms with Crippen molar-refractivity contribution in [1.82, 2.24) is 20.2 Å². The molecule has 0 saturated carbocycles. The standard InChI is InChI=1S/C10H8N4/c1-2-7-9(11-4-1)6-10(13-7)8-3-5-12-14-8/h1-6,13H,(H,12,14). The second-order valence-electron chi connectivity index (χ2n) is 3.09. The first-order chi connectivity index (χ1) is 6.93. The average molecular weight is 184 g/mol. The van der Waals surface area contributed by atoms with E-state index in [1.165, 1.54) is 0 Å². The predicted molar refractivity (Wildman–Crippen MR) is 53.7 cm³/mol. The average Bonchev–Trinajstić information content (AvgIpc) is 2.86. The number of pyridine rings is 1. The van der Waals surface area contributed by atoms with Crippen LogP contribution in [0.5, 0.6) is 0 Å². The third-order valence-corrected chi connectivity index (χ3v) is 2.18. The van der Waals surface area contributed by atoms with Crippen LogP contribution in [0.25, 0.3) is 22.4 Å². The number of H-pyrrole nitrogens is 2. The minimum atomic E-state index is 0.970. The zero-order chi connectivity index (χ0) is 9.38. The summed E-state index contributed by atoms with van der Waals surface area (Å²) in [6.07, 6.45) is 3.52. The van der Waals surface area contributed by atoms with E-state index in [1.54, 1.807) is 12.4 Å². The molecule has 0 aliphatic rings. The van der Waals surface area contributed by atoms with Gasteiger partial charge in [-0.15, -0.1) is 0 Å². The highest BCUT2D eigenvalue weighted by atomic mass is 15.1. The Balaban J connectivity index is 2.24. The lowest BCUT2D eigenvalue weighted by Gasteiger charge is -1.88. The molecule has 3 rings (SSSR count). The first-order valence-corrected chi connectivity index (χ1v) is 4.37. The van der Waals surface area contributed by atoms with Gasteiger partial charge in [-0.2, -0.15) is 5.10 Å². The number of aromatic nitrogens is 4. The third-order valence-electron chi connectivity index (χ3n) is 2.18. The first kappa shape index (κ1) is 7.32. The predicted octanol–water partition coefficient (Wildman–Crippen LogP) is 1.95. The van der Waals surface area contributed by atoms with Crippen molar-refractivity contribution in [3.05, 3.63) is 36.7 Å². The number of hydrogen-bond donors (Lipinski definition) is 2. The molecule has 0 unspecified atom stereocenters. The Morgan fingerprint density at radius 2 is 2.07 bits per heavy atom. The zero-order valence-electron chi connectivity index (χ0n) is 7.36. The third kappa shape index (κ3) is 1.01. The lowest BCUT2D eigenvalue weighted by molar-refractivity contribution is 1.09. The van der Waals surface area contributed by atoms with E-state index in [-0.39, 0.29) is 0 Å². The molecule has 3 aromatic rings. The highest BCUT2D eigenvalue weighted by Gasteiger charge is 2.03. The molecule has 0 saturated heterocycles. The van der Waals surface area contributed by atoms with Crippen LogP contribution in [0.1, 0.15) is 0 Å². The van der Waals surface area contributed by atoms with Crippen LogP contribution in [0.4, 0.5) is 0 Å². The molecule has 3 heterocycles. The van der Waals surface area contributed by atoms with Crippen LogP contribution in [0, 0.1) is 0 Å². The number of nitrogens with zero attached hydrogens (tertiary/aromatic N) is 2. The summed E-state index contributed by atoms with van der Waals surface area (Å²) in [5.74, 6) is 0. The van der Waals surface area contributed by atoms with Crippen LogP contribution in [0.15, 0.2) is 36.7 Å². The second-order valence-corrected chi connectivity index (χ2v) is 3.09. The van der Waals surface area contributed by atoms with Crippen molar-refractivity contribution in [3.63, 3.8) is 0 Å². The van der Waals surface area contributed by atoms with Crippen LogP contribution >= 0.6 is 0 Å². The van der Waals surface area contributed by atoms with Crippen molar-refractivity contribution in [2.45, 2.75) is 0 Å². The van der Waals surface area contributed by atoms with Crippen molar-refractivity contribution >= 4 is 11.0 Å². The number of nitrogens with one attached hydrogen (secondary N) is 2. The van der Waals surface area contributed by atoms with Gasteiger partial charge in [-0.25, -0.2) is 0 Å². The Kier molecular flexibility index (Phi) is 1.41. The second kappa shape index (κ2) is 2.70. The number of aromatic amines is 2. The lowest BCUT2D eigenvalue weighted by Crippen LogP contribution is -1.75. The van der Waals surface area contributed by atoms with E-state index in [0.717, 1.165) is 22.4 Å². The molecule has 2 N–H and O–H groups in total. The van der Waals surface area contributed by atoms with Gasteiger partial charge in [0, 0.05) is 12.4 Å². The monoisotopic (exact) mass is 184 g/mol. The van der Waals surface area contributed by atoms with Gasteiger partial charge in [0.15, 0.2) is 0 Å². The molecule has 0 bridgehead atoms. The molecular weight excluding hydrogens is 176 g/mol. The molecule has 0 aliphatic carbocycles. The number of hydrogen-bond acceptors (Lipinski definition) is 2. The summed E-state index contributed by atoms with van der Waals surface area (Å²) in [5.41, 5.74) is 3.99. The van der Waals surface area contributed by atoms with Gasteiger partial charge < -0.3 is 4.98 Å². The first-order valence-electron chi connectivity index (χ1n) is 4.37. The van der Waals surface area contributed by atoms with Gasteiger partial charge >= 0.3 is 0 Å². The fourth-order valence-corrected chi connectivity index (χ4v) is 1.51. The summed E-state index contributed by atoms with van der Waals surface area (Å²) in [7, 11) is 0. The molecule has 0 fully saturated rings. The van der Waals surface area contributed by atoms with Crippen molar-refractivity contribution in [3.8, 4) is 11.4 Å². The Morgan fingerprint density at radius 1 is 1.07 bits per heavy atom. The quantitative estimate of drug-likeness (QED) is 0.607. The molecule has 0 spiro atoms. The molecular formula is C10H8N4. The van der Waals surface area contributed by atoms with Crippen LogP contribution in [-0.4, -0.2) is 20.2 Å². The van der Waals surface area contributed by atoms with Gasteiger partial charge in [-0.05, 0) is 24.3 Å². The van der Waals surface area contributed by atoms with E-state index in [9.17, 15) is 0 Å². The normalized spacial score (nSPS) is 10.9. The highest BCUT2D eigenvalue weighted by molar-refractivity contribution is 5.81. The maximum atomic E-state index is 4.25. The van der Waals surface area contributed by atoms with Gasteiger partial charge in [0.05, 0.1) is 22.4 Å². The van der Waals surface area contributed by atoms with E-state index < -0.39 is 0 Å². The molecule has 0 amide bonds. The van der Waals surface area contributed by atoms with Crippen molar-refractivity contribution in [2.24, 2.45) is 0 Å². The Hall–Kier alpha value is -2.10. The minimum absolute atomic E-state index is 0.970. The maximum absolute atomic E-state index is 4.25.